The van der Waals surface area contributed by atoms with Gasteiger partial charge in [-0.3, -0.25) is 0 Å². The summed E-state index contributed by atoms with van der Waals surface area (Å²) in [5.74, 6) is 0.873. The van der Waals surface area contributed by atoms with Gasteiger partial charge in [0.25, 0.3) is 0 Å². The SMILES string of the molecule is Brc1ccc(NC/C=C/c2ccco2)cc1. The van der Waals surface area contributed by atoms with Crippen LogP contribution in [-0.4, -0.2) is 6.54 Å². The van der Waals surface area contributed by atoms with Crippen LogP contribution in [0.2, 0.25) is 0 Å². The number of hydrogen-bond donors (Lipinski definition) is 1. The molecular weight excluding hydrogens is 266 g/mol. The number of nitrogens with one attached hydrogen (secondary N) is 1. The molecule has 16 heavy (non-hydrogen) atoms. The Bertz CT molecular complexity index is 445. The first-order chi connectivity index (χ1) is 7.84. The standard InChI is InChI=1S/C13H12BrNO/c14-11-5-7-12(8-6-11)15-9-1-3-13-4-2-10-16-13/h1-8,10,15H,9H2/b3-1+. The van der Waals surface area contributed by atoms with E-state index in [1.54, 1.807) is 6.26 Å². The zero-order valence-electron chi connectivity index (χ0n) is 8.69. The van der Waals surface area contributed by atoms with Crippen LogP contribution in [0.4, 0.5) is 5.69 Å². The molecule has 1 heterocycles. The molecule has 0 aliphatic carbocycles. The Hall–Kier alpha value is -1.48. The molecule has 0 aliphatic rings. The van der Waals surface area contributed by atoms with E-state index in [-0.39, 0.29) is 0 Å². The summed E-state index contributed by atoms with van der Waals surface area (Å²) in [5.41, 5.74) is 1.10. The van der Waals surface area contributed by atoms with E-state index in [0.29, 0.717) is 0 Å². The fraction of sp³-hybridized carbons (Fsp3) is 0.0769. The highest BCUT2D eigenvalue weighted by atomic mass is 79.9. The third-order valence-corrected chi connectivity index (χ3v) is 2.62. The van der Waals surface area contributed by atoms with Crippen LogP contribution in [0, 0.1) is 0 Å². The average Bonchev–Trinajstić information content (AvgIpc) is 2.80. The van der Waals surface area contributed by atoms with Gasteiger partial charge in [-0.25, -0.2) is 0 Å². The predicted octanol–water partition coefficient (Wildman–Crippen LogP) is 4.17. The largest absolute Gasteiger partial charge is 0.465 e. The minimum atomic E-state index is 0.780. The predicted molar refractivity (Wildman–Crippen MR) is 70.4 cm³/mol. The molecule has 1 N–H and O–H groups in total. The van der Waals surface area contributed by atoms with E-state index >= 15 is 0 Å². The van der Waals surface area contributed by atoms with Crippen LogP contribution in [0.25, 0.3) is 6.08 Å². The molecule has 2 nitrogen and oxygen atoms in total. The van der Waals surface area contributed by atoms with Crippen LogP contribution in [0.15, 0.2) is 57.6 Å². The summed E-state index contributed by atoms with van der Waals surface area (Å²) in [6.07, 6.45) is 5.65. The second-order valence-corrected chi connectivity index (χ2v) is 4.22. The summed E-state index contributed by atoms with van der Waals surface area (Å²) in [4.78, 5) is 0. The van der Waals surface area contributed by atoms with Gasteiger partial charge in [0.15, 0.2) is 0 Å². The van der Waals surface area contributed by atoms with Crippen molar-refractivity contribution in [3.63, 3.8) is 0 Å². The molecule has 0 amide bonds. The lowest BCUT2D eigenvalue weighted by atomic mass is 10.3. The maximum absolute atomic E-state index is 5.18. The monoisotopic (exact) mass is 277 g/mol. The molecule has 0 aliphatic heterocycles. The van der Waals surface area contributed by atoms with E-state index in [1.165, 1.54) is 0 Å². The number of rotatable bonds is 4. The van der Waals surface area contributed by atoms with Gasteiger partial charge in [-0.15, -0.1) is 0 Å². The van der Waals surface area contributed by atoms with Gasteiger partial charge in [0, 0.05) is 16.7 Å². The highest BCUT2D eigenvalue weighted by Gasteiger charge is 1.90. The number of anilines is 1. The molecule has 0 spiro atoms. The Morgan fingerprint density at radius 1 is 1.19 bits per heavy atom. The second-order valence-electron chi connectivity index (χ2n) is 3.31. The minimum Gasteiger partial charge on any atom is -0.465 e. The summed E-state index contributed by atoms with van der Waals surface area (Å²) in [6, 6.07) is 11.9. The average molecular weight is 278 g/mol. The molecule has 3 heteroatoms. The molecule has 0 fully saturated rings. The van der Waals surface area contributed by atoms with Crippen molar-refractivity contribution >= 4 is 27.7 Å². The molecule has 0 atom stereocenters. The van der Waals surface area contributed by atoms with Gasteiger partial charge < -0.3 is 9.73 Å². The number of benzene rings is 1. The van der Waals surface area contributed by atoms with Gasteiger partial charge >= 0.3 is 0 Å². The van der Waals surface area contributed by atoms with Gasteiger partial charge in [-0.1, -0.05) is 22.0 Å². The zero-order valence-corrected chi connectivity index (χ0v) is 10.3. The number of hydrogen-bond acceptors (Lipinski definition) is 2. The van der Waals surface area contributed by atoms with Crippen LogP contribution < -0.4 is 5.32 Å². The van der Waals surface area contributed by atoms with Crippen molar-refractivity contribution in [3.8, 4) is 0 Å². The van der Waals surface area contributed by atoms with Crippen molar-refractivity contribution < 1.29 is 4.42 Å². The van der Waals surface area contributed by atoms with Crippen LogP contribution in [-0.2, 0) is 0 Å². The zero-order chi connectivity index (χ0) is 11.2. The lowest BCUT2D eigenvalue weighted by Gasteiger charge is -2.02. The van der Waals surface area contributed by atoms with Crippen molar-refractivity contribution in [2.75, 3.05) is 11.9 Å². The molecule has 0 bridgehead atoms. The fourth-order valence-electron chi connectivity index (χ4n) is 1.31. The third kappa shape index (κ3) is 3.28. The van der Waals surface area contributed by atoms with E-state index in [4.69, 9.17) is 4.42 Å². The molecule has 1 aromatic heterocycles. The highest BCUT2D eigenvalue weighted by molar-refractivity contribution is 9.10. The van der Waals surface area contributed by atoms with Crippen molar-refractivity contribution in [1.82, 2.24) is 0 Å². The van der Waals surface area contributed by atoms with Crippen LogP contribution in [0.1, 0.15) is 5.76 Å². The van der Waals surface area contributed by atoms with Gasteiger partial charge in [0.1, 0.15) is 5.76 Å². The summed E-state index contributed by atoms with van der Waals surface area (Å²) in [7, 11) is 0. The second kappa shape index (κ2) is 5.56. The van der Waals surface area contributed by atoms with E-state index in [0.717, 1.165) is 22.5 Å². The van der Waals surface area contributed by atoms with Gasteiger partial charge in [-0.2, -0.15) is 0 Å². The quantitative estimate of drug-likeness (QED) is 0.908. The summed E-state index contributed by atoms with van der Waals surface area (Å²) >= 11 is 3.40. The molecule has 2 aromatic rings. The molecule has 0 saturated heterocycles. The minimum absolute atomic E-state index is 0.780. The van der Waals surface area contributed by atoms with Crippen LogP contribution >= 0.6 is 15.9 Å². The molecule has 2 rings (SSSR count). The molecule has 1 aromatic carbocycles. The molecule has 0 saturated carbocycles. The highest BCUT2D eigenvalue weighted by Crippen LogP contribution is 2.13. The lowest BCUT2D eigenvalue weighted by Crippen LogP contribution is -1.97. The molecular formula is C13H12BrNO. The molecule has 82 valence electrons. The van der Waals surface area contributed by atoms with Gasteiger partial charge in [-0.05, 0) is 42.5 Å². The van der Waals surface area contributed by atoms with Crippen LogP contribution in [0.5, 0.6) is 0 Å². The number of halogens is 1. The van der Waals surface area contributed by atoms with E-state index < -0.39 is 0 Å². The summed E-state index contributed by atoms with van der Waals surface area (Å²) in [6.45, 7) is 0.780. The maximum atomic E-state index is 5.18. The van der Waals surface area contributed by atoms with E-state index in [2.05, 4.69) is 21.2 Å². The van der Waals surface area contributed by atoms with Gasteiger partial charge in [0.05, 0.1) is 6.26 Å². The molecule has 0 radical (unpaired) electrons. The maximum Gasteiger partial charge on any atom is 0.126 e. The van der Waals surface area contributed by atoms with Gasteiger partial charge in [0.2, 0.25) is 0 Å². The Kier molecular flexibility index (Phi) is 3.83. The first kappa shape index (κ1) is 11.0. The van der Waals surface area contributed by atoms with Crippen molar-refractivity contribution in [2.24, 2.45) is 0 Å². The summed E-state index contributed by atoms with van der Waals surface area (Å²) < 4.78 is 6.27. The Morgan fingerprint density at radius 2 is 2.00 bits per heavy atom. The van der Waals surface area contributed by atoms with Crippen molar-refractivity contribution in [2.45, 2.75) is 0 Å². The smallest absolute Gasteiger partial charge is 0.126 e. The Labute approximate surface area is 103 Å². The molecule has 0 unspecified atom stereocenters. The summed E-state index contributed by atoms with van der Waals surface area (Å²) in [5, 5.41) is 3.28. The Morgan fingerprint density at radius 3 is 2.69 bits per heavy atom. The first-order valence-corrected chi connectivity index (χ1v) is 5.83. The fourth-order valence-corrected chi connectivity index (χ4v) is 1.57. The Balaban J connectivity index is 1.82. The topological polar surface area (TPSA) is 25.2 Å². The number of furan rings is 1. The third-order valence-electron chi connectivity index (χ3n) is 2.09. The van der Waals surface area contributed by atoms with Crippen LogP contribution in [0.3, 0.4) is 0 Å². The lowest BCUT2D eigenvalue weighted by molar-refractivity contribution is 0.557. The van der Waals surface area contributed by atoms with Crippen molar-refractivity contribution in [3.05, 3.63) is 59.0 Å². The normalized spacial score (nSPS) is 10.8. The first-order valence-electron chi connectivity index (χ1n) is 5.04. The van der Waals surface area contributed by atoms with Crippen molar-refractivity contribution in [1.29, 1.82) is 0 Å². The van der Waals surface area contributed by atoms with E-state index in [1.807, 2.05) is 48.6 Å². The van der Waals surface area contributed by atoms with E-state index in [9.17, 15) is 0 Å².